The van der Waals surface area contributed by atoms with Crippen molar-refractivity contribution >= 4 is 36.1 Å². The van der Waals surface area contributed by atoms with E-state index in [1.165, 1.54) is 12.8 Å². The predicted octanol–water partition coefficient (Wildman–Crippen LogP) is 1.05. The molecular weight excluding hydrogens is 342 g/mol. The van der Waals surface area contributed by atoms with Crippen LogP contribution in [0.15, 0.2) is 18.2 Å². The monoisotopic (exact) mass is 364 g/mol. The van der Waals surface area contributed by atoms with Gasteiger partial charge in [0.15, 0.2) is 0 Å². The van der Waals surface area contributed by atoms with Gasteiger partial charge >= 0.3 is 19.1 Å². The van der Waals surface area contributed by atoms with E-state index in [2.05, 4.69) is 11.8 Å². The first-order chi connectivity index (χ1) is 11.9. The van der Waals surface area contributed by atoms with E-state index in [0.29, 0.717) is 16.5 Å². The molecule has 0 bridgehead atoms. The van der Waals surface area contributed by atoms with Crippen LogP contribution in [0.25, 0.3) is 0 Å². The zero-order chi connectivity index (χ0) is 18.0. The Hall–Kier alpha value is -1.57. The van der Waals surface area contributed by atoms with E-state index >= 15 is 0 Å². The van der Waals surface area contributed by atoms with Gasteiger partial charge in [0.1, 0.15) is 0 Å². The number of rotatable bonds is 3. The molecule has 2 fully saturated rings. The van der Waals surface area contributed by atoms with Crippen LogP contribution in [0.1, 0.15) is 25.3 Å². The van der Waals surface area contributed by atoms with E-state index in [1.54, 1.807) is 18.0 Å². The quantitative estimate of drug-likeness (QED) is 0.747. The van der Waals surface area contributed by atoms with Crippen LogP contribution in [0, 0.1) is 0 Å². The largest absolute Gasteiger partial charge is 0.638 e. The van der Waals surface area contributed by atoms with Crippen molar-refractivity contribution < 1.29 is 18.9 Å². The van der Waals surface area contributed by atoms with E-state index < -0.39 is 19.1 Å². The van der Waals surface area contributed by atoms with Crippen molar-refractivity contribution in [3.63, 3.8) is 0 Å². The zero-order valence-electron chi connectivity index (χ0n) is 14.5. The number of likely N-dealkylation sites (N-methyl/N-ethyl adjacent to an activating group) is 1. The van der Waals surface area contributed by atoms with Crippen LogP contribution >= 0.6 is 11.6 Å². The van der Waals surface area contributed by atoms with E-state index in [4.69, 9.17) is 20.9 Å². The molecule has 8 heteroatoms. The van der Waals surface area contributed by atoms with E-state index in [9.17, 15) is 9.59 Å². The number of hydrogen-bond donors (Lipinski definition) is 0. The Labute approximate surface area is 153 Å². The van der Waals surface area contributed by atoms with Gasteiger partial charge < -0.3 is 9.31 Å². The van der Waals surface area contributed by atoms with Crippen molar-refractivity contribution in [2.24, 2.45) is 0 Å². The topological polar surface area (TPSA) is 59.1 Å². The van der Waals surface area contributed by atoms with E-state index in [0.717, 1.165) is 18.7 Å². The molecule has 6 nitrogen and oxygen atoms in total. The first-order valence-electron chi connectivity index (χ1n) is 8.52. The maximum absolute atomic E-state index is 11.9. The van der Waals surface area contributed by atoms with Crippen molar-refractivity contribution in [2.45, 2.75) is 32.4 Å². The summed E-state index contributed by atoms with van der Waals surface area (Å²) in [7, 11) is 0.560. The molecule has 0 amide bonds. The van der Waals surface area contributed by atoms with Gasteiger partial charge in [-0.2, -0.15) is 0 Å². The van der Waals surface area contributed by atoms with Gasteiger partial charge in [-0.25, -0.2) is 0 Å². The molecule has 2 saturated heterocycles. The molecule has 0 aliphatic carbocycles. The van der Waals surface area contributed by atoms with Gasteiger partial charge in [-0.3, -0.25) is 19.4 Å². The lowest BCUT2D eigenvalue weighted by atomic mass is 9.78. The van der Waals surface area contributed by atoms with Gasteiger partial charge in [0.05, 0.1) is 13.1 Å². The Bertz CT molecular complexity index is 652. The Morgan fingerprint density at radius 3 is 2.48 bits per heavy atom. The van der Waals surface area contributed by atoms with Crippen molar-refractivity contribution in [1.82, 2.24) is 9.80 Å². The molecular formula is C17H22BClN2O4. The van der Waals surface area contributed by atoms with Gasteiger partial charge in [0, 0.05) is 23.1 Å². The normalized spacial score (nSPS) is 23.2. The van der Waals surface area contributed by atoms with Crippen molar-refractivity contribution in [3.8, 4) is 0 Å². The van der Waals surface area contributed by atoms with Crippen molar-refractivity contribution in [2.75, 3.05) is 26.7 Å². The molecule has 2 heterocycles. The molecule has 134 valence electrons. The van der Waals surface area contributed by atoms with Gasteiger partial charge in [0.25, 0.3) is 0 Å². The number of hydrogen-bond acceptors (Lipinski definition) is 6. The van der Waals surface area contributed by atoms with Crippen LogP contribution in [0.4, 0.5) is 0 Å². The number of carbonyl (C=O) groups excluding carboxylic acids is 2. The first kappa shape index (κ1) is 18.2. The number of halogens is 1. The summed E-state index contributed by atoms with van der Waals surface area (Å²) < 4.78 is 10.5. The smallest absolute Gasteiger partial charge is 0.494 e. The highest BCUT2D eigenvalue weighted by Crippen LogP contribution is 2.21. The summed E-state index contributed by atoms with van der Waals surface area (Å²) in [6, 6.07) is 6.14. The molecule has 1 aromatic carbocycles. The minimum Gasteiger partial charge on any atom is -0.494 e. The minimum absolute atomic E-state index is 0.0359. The highest BCUT2D eigenvalue weighted by atomic mass is 35.5. The summed E-state index contributed by atoms with van der Waals surface area (Å²) >= 11 is 6.39. The highest BCUT2D eigenvalue weighted by molar-refractivity contribution is 6.67. The molecule has 3 rings (SSSR count). The summed E-state index contributed by atoms with van der Waals surface area (Å²) in [5.41, 5.74) is 1.58. The van der Waals surface area contributed by atoms with Gasteiger partial charge in [-0.15, -0.1) is 0 Å². The van der Waals surface area contributed by atoms with E-state index in [1.807, 2.05) is 12.1 Å². The molecule has 1 aromatic rings. The van der Waals surface area contributed by atoms with Crippen LogP contribution in [0.2, 0.25) is 5.02 Å². The Morgan fingerprint density at radius 1 is 1.24 bits per heavy atom. The van der Waals surface area contributed by atoms with Crippen LogP contribution in [0.5, 0.6) is 0 Å². The minimum atomic E-state index is -1.10. The lowest BCUT2D eigenvalue weighted by Crippen LogP contribution is -2.48. The number of carbonyl (C=O) groups is 2. The third-order valence-corrected chi connectivity index (χ3v) is 5.00. The van der Waals surface area contributed by atoms with Crippen LogP contribution in [-0.4, -0.2) is 61.6 Å². The molecule has 1 atom stereocenters. The SMILES string of the molecule is C[C@@H]1CCCN1Cc1ccc(B2OC(=O)CN(C)CC(=O)O2)c(Cl)c1. The van der Waals surface area contributed by atoms with Crippen molar-refractivity contribution in [3.05, 3.63) is 28.8 Å². The van der Waals surface area contributed by atoms with Crippen LogP contribution in [-0.2, 0) is 25.4 Å². The van der Waals surface area contributed by atoms with Crippen LogP contribution in [0.3, 0.4) is 0 Å². The average molecular weight is 365 g/mol. The van der Waals surface area contributed by atoms with Crippen LogP contribution < -0.4 is 5.46 Å². The maximum Gasteiger partial charge on any atom is 0.638 e. The predicted molar refractivity (Wildman–Crippen MR) is 95.6 cm³/mol. The summed E-state index contributed by atoms with van der Waals surface area (Å²) in [5, 5.41) is 0.434. The second-order valence-electron chi connectivity index (χ2n) is 6.80. The third-order valence-electron chi connectivity index (χ3n) is 4.67. The summed E-state index contributed by atoms with van der Waals surface area (Å²) in [5.74, 6) is -0.905. The zero-order valence-corrected chi connectivity index (χ0v) is 15.3. The molecule has 0 unspecified atom stereocenters. The van der Waals surface area contributed by atoms with Gasteiger partial charge in [-0.05, 0) is 45.0 Å². The molecule has 2 aliphatic rings. The molecule has 0 aromatic heterocycles. The lowest BCUT2D eigenvalue weighted by molar-refractivity contribution is -0.145. The Balaban J connectivity index is 1.75. The van der Waals surface area contributed by atoms with Crippen molar-refractivity contribution in [1.29, 1.82) is 0 Å². The maximum atomic E-state index is 11.9. The number of benzene rings is 1. The second kappa shape index (κ2) is 7.76. The fourth-order valence-corrected chi connectivity index (χ4v) is 3.58. The Kier molecular flexibility index (Phi) is 5.66. The molecule has 0 spiro atoms. The fraction of sp³-hybridized carbons (Fsp3) is 0.529. The molecule has 0 N–H and O–H groups in total. The molecule has 0 radical (unpaired) electrons. The molecule has 0 saturated carbocycles. The molecule has 25 heavy (non-hydrogen) atoms. The summed E-state index contributed by atoms with van der Waals surface area (Å²) in [4.78, 5) is 27.7. The lowest BCUT2D eigenvalue weighted by Gasteiger charge is -2.24. The number of nitrogens with zero attached hydrogens (tertiary/aromatic N) is 2. The summed E-state index contributed by atoms with van der Waals surface area (Å²) in [6.45, 7) is 4.22. The third kappa shape index (κ3) is 4.54. The fourth-order valence-electron chi connectivity index (χ4n) is 3.28. The van der Waals surface area contributed by atoms with Gasteiger partial charge in [0.2, 0.25) is 0 Å². The number of likely N-dealkylation sites (tertiary alicyclic amines) is 1. The Morgan fingerprint density at radius 2 is 1.92 bits per heavy atom. The van der Waals surface area contributed by atoms with Gasteiger partial charge in [-0.1, -0.05) is 23.7 Å². The summed E-state index contributed by atoms with van der Waals surface area (Å²) in [6.07, 6.45) is 2.43. The average Bonchev–Trinajstić information content (AvgIpc) is 2.90. The first-order valence-corrected chi connectivity index (χ1v) is 8.90. The van der Waals surface area contributed by atoms with E-state index in [-0.39, 0.29) is 13.1 Å². The standard InChI is InChI=1S/C17H22BClN2O4/c1-12-4-3-7-21(12)9-13-5-6-14(15(19)8-13)18-24-16(22)10-20(2)11-17(23)25-18/h5-6,8,12H,3-4,7,9-11H2,1-2H3/t12-/m1/s1. The molecule has 2 aliphatic heterocycles. The second-order valence-corrected chi connectivity index (χ2v) is 7.21. The highest BCUT2D eigenvalue weighted by Gasteiger charge is 2.35.